The molecule has 0 fully saturated rings. The SMILES string of the molecule is CC(C)(C)c1csc(Cn2cc(Br)c(=O)[nH]c2=O)n1. The minimum Gasteiger partial charge on any atom is -0.293 e. The van der Waals surface area contributed by atoms with E-state index in [9.17, 15) is 9.59 Å². The van der Waals surface area contributed by atoms with Crippen molar-refractivity contribution in [2.45, 2.75) is 32.7 Å². The molecule has 0 spiro atoms. The number of aromatic nitrogens is 3. The molecule has 0 saturated heterocycles. The summed E-state index contributed by atoms with van der Waals surface area (Å²) in [6.07, 6.45) is 1.49. The van der Waals surface area contributed by atoms with Crippen molar-refractivity contribution >= 4 is 27.3 Å². The van der Waals surface area contributed by atoms with E-state index in [4.69, 9.17) is 0 Å². The van der Waals surface area contributed by atoms with Gasteiger partial charge in [-0.3, -0.25) is 14.3 Å². The number of aromatic amines is 1. The van der Waals surface area contributed by atoms with Crippen molar-refractivity contribution in [3.8, 4) is 0 Å². The number of H-pyrrole nitrogens is 1. The molecule has 2 heterocycles. The molecule has 0 atom stereocenters. The van der Waals surface area contributed by atoms with Gasteiger partial charge in [0.05, 0.1) is 16.7 Å². The highest BCUT2D eigenvalue weighted by molar-refractivity contribution is 9.10. The number of halogens is 1. The molecule has 0 aliphatic carbocycles. The van der Waals surface area contributed by atoms with Gasteiger partial charge >= 0.3 is 5.69 Å². The Morgan fingerprint density at radius 3 is 2.68 bits per heavy atom. The first-order valence-corrected chi connectivity index (χ1v) is 7.39. The van der Waals surface area contributed by atoms with Crippen LogP contribution in [0.15, 0.2) is 25.6 Å². The largest absolute Gasteiger partial charge is 0.328 e. The Labute approximate surface area is 122 Å². The van der Waals surface area contributed by atoms with Crippen LogP contribution in [0.4, 0.5) is 0 Å². The van der Waals surface area contributed by atoms with Crippen LogP contribution in [0.3, 0.4) is 0 Å². The average molecular weight is 344 g/mol. The third kappa shape index (κ3) is 3.22. The molecular formula is C12H14BrN3O2S. The van der Waals surface area contributed by atoms with Gasteiger partial charge in [0.25, 0.3) is 5.56 Å². The van der Waals surface area contributed by atoms with Crippen molar-refractivity contribution in [3.63, 3.8) is 0 Å². The topological polar surface area (TPSA) is 67.8 Å². The van der Waals surface area contributed by atoms with Crippen molar-refractivity contribution in [1.29, 1.82) is 0 Å². The lowest BCUT2D eigenvalue weighted by Gasteiger charge is -2.14. The first-order chi connectivity index (χ1) is 8.77. The minimum absolute atomic E-state index is 0.00864. The van der Waals surface area contributed by atoms with E-state index in [1.807, 2.05) is 5.38 Å². The lowest BCUT2D eigenvalue weighted by molar-refractivity contribution is 0.569. The fraction of sp³-hybridized carbons (Fsp3) is 0.417. The summed E-state index contributed by atoms with van der Waals surface area (Å²) in [5.41, 5.74) is 0.145. The highest BCUT2D eigenvalue weighted by Gasteiger charge is 2.17. The second kappa shape index (κ2) is 5.05. The standard InChI is InChI=1S/C12H14BrN3O2S/c1-12(2,3)8-6-19-9(14-8)5-16-4-7(13)10(17)15-11(16)18/h4,6H,5H2,1-3H3,(H,15,17,18). The Morgan fingerprint density at radius 1 is 1.42 bits per heavy atom. The maximum Gasteiger partial charge on any atom is 0.328 e. The number of nitrogens with one attached hydrogen (secondary N) is 1. The second-order valence-electron chi connectivity index (χ2n) is 5.24. The lowest BCUT2D eigenvalue weighted by Crippen LogP contribution is -2.30. The Kier molecular flexibility index (Phi) is 3.78. The number of hydrogen-bond donors (Lipinski definition) is 1. The van der Waals surface area contributed by atoms with E-state index in [1.54, 1.807) is 0 Å². The van der Waals surface area contributed by atoms with Crippen LogP contribution in [0.25, 0.3) is 0 Å². The fourth-order valence-electron chi connectivity index (χ4n) is 1.47. The first kappa shape index (κ1) is 14.2. The van der Waals surface area contributed by atoms with Crippen LogP contribution in [0, 0.1) is 0 Å². The Hall–Kier alpha value is -1.21. The zero-order valence-corrected chi connectivity index (χ0v) is 13.3. The van der Waals surface area contributed by atoms with Gasteiger partial charge < -0.3 is 0 Å². The van der Waals surface area contributed by atoms with Gasteiger partial charge in [0.2, 0.25) is 0 Å². The maximum atomic E-state index is 11.7. The van der Waals surface area contributed by atoms with Crippen molar-refractivity contribution in [2.75, 3.05) is 0 Å². The summed E-state index contributed by atoms with van der Waals surface area (Å²) in [6.45, 7) is 6.63. The molecule has 0 aliphatic heterocycles. The Bertz CT molecular complexity index is 709. The van der Waals surface area contributed by atoms with Crippen LogP contribution in [0.2, 0.25) is 0 Å². The molecule has 1 N–H and O–H groups in total. The van der Waals surface area contributed by atoms with Crippen LogP contribution in [0.1, 0.15) is 31.5 Å². The van der Waals surface area contributed by atoms with Crippen LogP contribution in [-0.4, -0.2) is 14.5 Å². The molecule has 2 rings (SSSR count). The molecular weight excluding hydrogens is 330 g/mol. The molecule has 0 bridgehead atoms. The van der Waals surface area contributed by atoms with Gasteiger partial charge in [-0.15, -0.1) is 11.3 Å². The summed E-state index contributed by atoms with van der Waals surface area (Å²) in [5, 5.41) is 2.84. The summed E-state index contributed by atoms with van der Waals surface area (Å²) in [5.74, 6) is 0. The van der Waals surface area contributed by atoms with Crippen LogP contribution in [0.5, 0.6) is 0 Å². The van der Waals surface area contributed by atoms with Gasteiger partial charge in [0.15, 0.2) is 0 Å². The van der Waals surface area contributed by atoms with Crippen molar-refractivity contribution < 1.29 is 0 Å². The third-order valence-electron chi connectivity index (χ3n) is 2.59. The monoisotopic (exact) mass is 343 g/mol. The lowest BCUT2D eigenvalue weighted by atomic mass is 9.93. The van der Waals surface area contributed by atoms with E-state index in [2.05, 4.69) is 46.7 Å². The molecule has 0 radical (unpaired) electrons. The fourth-order valence-corrected chi connectivity index (χ4v) is 2.84. The van der Waals surface area contributed by atoms with Gasteiger partial charge in [-0.05, 0) is 15.9 Å². The van der Waals surface area contributed by atoms with E-state index in [1.165, 1.54) is 22.1 Å². The van der Waals surface area contributed by atoms with Gasteiger partial charge in [-0.25, -0.2) is 9.78 Å². The zero-order valence-electron chi connectivity index (χ0n) is 10.9. The van der Waals surface area contributed by atoms with Gasteiger partial charge in [-0.1, -0.05) is 20.8 Å². The second-order valence-corrected chi connectivity index (χ2v) is 7.04. The third-order valence-corrected chi connectivity index (χ3v) is 3.99. The van der Waals surface area contributed by atoms with Crippen LogP contribution < -0.4 is 11.2 Å². The van der Waals surface area contributed by atoms with E-state index < -0.39 is 11.2 Å². The van der Waals surface area contributed by atoms with E-state index >= 15 is 0 Å². The number of rotatable bonds is 2. The Balaban J connectivity index is 2.32. The van der Waals surface area contributed by atoms with Gasteiger partial charge in [-0.2, -0.15) is 0 Å². The van der Waals surface area contributed by atoms with E-state index in [0.717, 1.165) is 10.7 Å². The molecule has 0 saturated carbocycles. The minimum atomic E-state index is -0.430. The Morgan fingerprint density at radius 2 is 2.11 bits per heavy atom. The normalized spacial score (nSPS) is 11.8. The molecule has 0 aromatic carbocycles. The summed E-state index contributed by atoms with van der Waals surface area (Å²) in [4.78, 5) is 29.7. The van der Waals surface area contributed by atoms with Crippen LogP contribution >= 0.6 is 27.3 Å². The molecule has 0 unspecified atom stereocenters. The summed E-state index contributed by atoms with van der Waals surface area (Å²) >= 11 is 4.62. The smallest absolute Gasteiger partial charge is 0.293 e. The highest BCUT2D eigenvalue weighted by Crippen LogP contribution is 2.24. The van der Waals surface area contributed by atoms with Crippen molar-refractivity contribution in [2.24, 2.45) is 0 Å². The number of hydrogen-bond acceptors (Lipinski definition) is 4. The van der Waals surface area contributed by atoms with E-state index in [-0.39, 0.29) is 5.41 Å². The molecule has 2 aromatic rings. The van der Waals surface area contributed by atoms with Crippen molar-refractivity contribution in [1.82, 2.24) is 14.5 Å². The number of nitrogens with zero attached hydrogens (tertiary/aromatic N) is 2. The van der Waals surface area contributed by atoms with E-state index in [0.29, 0.717) is 11.0 Å². The molecule has 2 aromatic heterocycles. The summed E-state index contributed by atoms with van der Waals surface area (Å²) in [7, 11) is 0. The van der Waals surface area contributed by atoms with Gasteiger partial charge in [0, 0.05) is 17.0 Å². The highest BCUT2D eigenvalue weighted by atomic mass is 79.9. The molecule has 19 heavy (non-hydrogen) atoms. The van der Waals surface area contributed by atoms with Crippen molar-refractivity contribution in [3.05, 3.63) is 47.6 Å². The zero-order chi connectivity index (χ0) is 14.2. The molecule has 102 valence electrons. The molecule has 7 heteroatoms. The predicted octanol–water partition coefficient (Wildman–Crippen LogP) is 2.10. The quantitative estimate of drug-likeness (QED) is 0.907. The molecule has 0 amide bonds. The number of thiazole rings is 1. The summed E-state index contributed by atoms with van der Waals surface area (Å²) < 4.78 is 1.76. The summed E-state index contributed by atoms with van der Waals surface area (Å²) in [6, 6.07) is 0. The molecule has 5 nitrogen and oxygen atoms in total. The maximum absolute atomic E-state index is 11.7. The first-order valence-electron chi connectivity index (χ1n) is 5.71. The average Bonchev–Trinajstić information content (AvgIpc) is 2.74. The molecule has 0 aliphatic rings. The van der Waals surface area contributed by atoms with Gasteiger partial charge in [0.1, 0.15) is 5.01 Å². The van der Waals surface area contributed by atoms with Crippen LogP contribution in [-0.2, 0) is 12.0 Å². The predicted molar refractivity (Wildman–Crippen MR) is 78.9 cm³/mol.